The molecule has 3 rings (SSSR count). The first-order chi connectivity index (χ1) is 8.25. The molecule has 0 aliphatic rings. The lowest BCUT2D eigenvalue weighted by molar-refractivity contribution is 1.26. The summed E-state index contributed by atoms with van der Waals surface area (Å²) < 4.78 is 0. The molecule has 0 bridgehead atoms. The summed E-state index contributed by atoms with van der Waals surface area (Å²) in [6.45, 7) is 2.00. The molecule has 0 fully saturated rings. The van der Waals surface area contributed by atoms with Crippen molar-refractivity contribution in [3.05, 3.63) is 36.2 Å². The van der Waals surface area contributed by atoms with Crippen LogP contribution in [0.3, 0.4) is 0 Å². The van der Waals surface area contributed by atoms with Crippen LogP contribution in [0.4, 0.5) is 5.69 Å². The van der Waals surface area contributed by atoms with Gasteiger partial charge in [-0.2, -0.15) is 0 Å². The van der Waals surface area contributed by atoms with Crippen LogP contribution in [0, 0.1) is 6.92 Å². The van der Waals surface area contributed by atoms with Gasteiger partial charge in [0.15, 0.2) is 10.5 Å². The van der Waals surface area contributed by atoms with Gasteiger partial charge in [-0.25, -0.2) is 15.0 Å². The van der Waals surface area contributed by atoms with Crippen LogP contribution >= 0.6 is 11.3 Å². The van der Waals surface area contributed by atoms with Gasteiger partial charge in [0.2, 0.25) is 0 Å². The van der Waals surface area contributed by atoms with Gasteiger partial charge in [0.25, 0.3) is 0 Å². The molecule has 3 aromatic rings. The third-order valence-electron chi connectivity index (χ3n) is 2.65. The van der Waals surface area contributed by atoms with Gasteiger partial charge in [0.1, 0.15) is 5.01 Å². The number of thiazole rings is 1. The number of benzene rings is 1. The number of fused-ring (bicyclic) bond motifs is 1. The molecule has 0 aliphatic carbocycles. The Morgan fingerprint density at radius 3 is 2.82 bits per heavy atom. The second-order valence-corrected chi connectivity index (χ2v) is 4.70. The van der Waals surface area contributed by atoms with Crippen molar-refractivity contribution in [3.8, 4) is 10.6 Å². The van der Waals surface area contributed by atoms with Crippen LogP contribution in [0.15, 0.2) is 30.6 Å². The summed E-state index contributed by atoms with van der Waals surface area (Å²) in [5, 5.41) is 0.913. The number of aromatic nitrogens is 3. The van der Waals surface area contributed by atoms with Gasteiger partial charge in [0.05, 0.1) is 0 Å². The molecule has 4 nitrogen and oxygen atoms in total. The molecule has 2 N–H and O–H groups in total. The Bertz CT molecular complexity index is 657. The molecule has 0 radical (unpaired) electrons. The molecule has 2 heterocycles. The van der Waals surface area contributed by atoms with E-state index in [0.717, 1.165) is 26.7 Å². The Labute approximate surface area is 102 Å². The summed E-state index contributed by atoms with van der Waals surface area (Å²) in [5.74, 6) is 0. The SMILES string of the molecule is Cc1c(N)cccc1-c1nc2nccnc2s1. The summed E-state index contributed by atoms with van der Waals surface area (Å²) in [6.07, 6.45) is 3.33. The molecule has 0 saturated carbocycles. The zero-order chi connectivity index (χ0) is 11.8. The molecule has 0 atom stereocenters. The van der Waals surface area contributed by atoms with E-state index in [0.29, 0.717) is 5.65 Å². The van der Waals surface area contributed by atoms with E-state index in [9.17, 15) is 0 Å². The largest absolute Gasteiger partial charge is 0.398 e. The maximum absolute atomic E-state index is 5.90. The first kappa shape index (κ1) is 10.2. The minimum absolute atomic E-state index is 0.689. The summed E-state index contributed by atoms with van der Waals surface area (Å²) >= 11 is 1.53. The van der Waals surface area contributed by atoms with E-state index in [1.165, 1.54) is 11.3 Å². The monoisotopic (exact) mass is 242 g/mol. The second-order valence-electron chi connectivity index (χ2n) is 3.72. The molecule has 5 heteroatoms. The smallest absolute Gasteiger partial charge is 0.190 e. The van der Waals surface area contributed by atoms with E-state index < -0.39 is 0 Å². The summed E-state index contributed by atoms with van der Waals surface area (Å²) in [4.78, 5) is 13.8. The van der Waals surface area contributed by atoms with Crippen LogP contribution in [0.25, 0.3) is 21.0 Å². The lowest BCUT2D eigenvalue weighted by atomic mass is 10.1. The topological polar surface area (TPSA) is 64.7 Å². The lowest BCUT2D eigenvalue weighted by Crippen LogP contribution is -1.91. The summed E-state index contributed by atoms with van der Waals surface area (Å²) in [5.41, 5.74) is 9.47. The predicted molar refractivity (Wildman–Crippen MR) is 69.8 cm³/mol. The maximum Gasteiger partial charge on any atom is 0.190 e. The van der Waals surface area contributed by atoms with Gasteiger partial charge in [-0.05, 0) is 18.6 Å². The number of nitrogen functional groups attached to an aromatic ring is 1. The normalized spacial score (nSPS) is 10.9. The fourth-order valence-electron chi connectivity index (χ4n) is 1.68. The fourth-order valence-corrected chi connectivity index (χ4v) is 2.63. The number of hydrogen-bond acceptors (Lipinski definition) is 5. The van der Waals surface area contributed by atoms with Crippen molar-refractivity contribution in [1.29, 1.82) is 0 Å². The standard InChI is InChI=1S/C12H10N4S/c1-7-8(3-2-4-9(7)13)11-16-10-12(17-11)15-6-5-14-10/h2-6H,13H2,1H3. The molecular weight excluding hydrogens is 232 g/mol. The van der Waals surface area contributed by atoms with Gasteiger partial charge in [-0.1, -0.05) is 23.5 Å². The van der Waals surface area contributed by atoms with Gasteiger partial charge in [-0.3, -0.25) is 0 Å². The number of nitrogens with two attached hydrogens (primary N) is 1. The minimum atomic E-state index is 0.689. The van der Waals surface area contributed by atoms with Crippen LogP contribution in [-0.2, 0) is 0 Å². The number of hydrogen-bond donors (Lipinski definition) is 1. The average Bonchev–Trinajstić information content (AvgIpc) is 2.76. The predicted octanol–water partition coefficient (Wildman–Crippen LogP) is 2.64. The van der Waals surface area contributed by atoms with Gasteiger partial charge >= 0.3 is 0 Å². The number of anilines is 1. The third kappa shape index (κ3) is 1.64. The Kier molecular flexibility index (Phi) is 2.26. The summed E-state index contributed by atoms with van der Waals surface area (Å²) in [6, 6.07) is 5.84. The molecule has 2 aromatic heterocycles. The van der Waals surface area contributed by atoms with Crippen LogP contribution in [0.2, 0.25) is 0 Å². The molecule has 84 valence electrons. The molecule has 0 spiro atoms. The molecule has 1 aromatic carbocycles. The van der Waals surface area contributed by atoms with E-state index in [4.69, 9.17) is 5.73 Å². The summed E-state index contributed by atoms with van der Waals surface area (Å²) in [7, 11) is 0. The molecular formula is C12H10N4S. The lowest BCUT2D eigenvalue weighted by Gasteiger charge is -2.04. The first-order valence-corrected chi connectivity index (χ1v) is 6.00. The molecule has 0 amide bonds. The Hall–Kier alpha value is -2.01. The van der Waals surface area contributed by atoms with E-state index in [1.807, 2.05) is 25.1 Å². The second kappa shape index (κ2) is 3.78. The van der Waals surface area contributed by atoms with Crippen molar-refractivity contribution in [1.82, 2.24) is 15.0 Å². The van der Waals surface area contributed by atoms with Crippen molar-refractivity contribution in [2.45, 2.75) is 6.92 Å². The number of rotatable bonds is 1. The van der Waals surface area contributed by atoms with Crippen molar-refractivity contribution in [3.63, 3.8) is 0 Å². The van der Waals surface area contributed by atoms with Crippen molar-refractivity contribution >= 4 is 27.5 Å². The van der Waals surface area contributed by atoms with Crippen molar-refractivity contribution < 1.29 is 0 Å². The van der Waals surface area contributed by atoms with Gasteiger partial charge < -0.3 is 5.73 Å². The molecule has 17 heavy (non-hydrogen) atoms. The highest BCUT2D eigenvalue weighted by Crippen LogP contribution is 2.31. The van der Waals surface area contributed by atoms with E-state index in [2.05, 4.69) is 15.0 Å². The van der Waals surface area contributed by atoms with Crippen LogP contribution in [0.1, 0.15) is 5.56 Å². The first-order valence-electron chi connectivity index (χ1n) is 5.19. The number of nitrogens with zero attached hydrogens (tertiary/aromatic N) is 3. The van der Waals surface area contributed by atoms with E-state index >= 15 is 0 Å². The Morgan fingerprint density at radius 2 is 2.00 bits per heavy atom. The quantitative estimate of drug-likeness (QED) is 0.666. The zero-order valence-corrected chi connectivity index (χ0v) is 10.0. The third-order valence-corrected chi connectivity index (χ3v) is 3.64. The van der Waals surface area contributed by atoms with Crippen molar-refractivity contribution in [2.24, 2.45) is 0 Å². The molecule has 0 aliphatic heterocycles. The Morgan fingerprint density at radius 1 is 1.18 bits per heavy atom. The van der Waals surface area contributed by atoms with Crippen LogP contribution in [0.5, 0.6) is 0 Å². The van der Waals surface area contributed by atoms with Gasteiger partial charge in [-0.15, -0.1) is 0 Å². The van der Waals surface area contributed by atoms with E-state index in [1.54, 1.807) is 12.4 Å². The minimum Gasteiger partial charge on any atom is -0.398 e. The highest BCUT2D eigenvalue weighted by atomic mass is 32.1. The fraction of sp³-hybridized carbons (Fsp3) is 0.0833. The zero-order valence-electron chi connectivity index (χ0n) is 9.21. The van der Waals surface area contributed by atoms with Gasteiger partial charge in [0, 0.05) is 23.6 Å². The highest BCUT2D eigenvalue weighted by Gasteiger charge is 2.10. The van der Waals surface area contributed by atoms with Crippen LogP contribution in [-0.4, -0.2) is 15.0 Å². The molecule has 0 unspecified atom stereocenters. The maximum atomic E-state index is 5.90. The molecule has 0 saturated heterocycles. The van der Waals surface area contributed by atoms with Crippen molar-refractivity contribution in [2.75, 3.05) is 5.73 Å². The highest BCUT2D eigenvalue weighted by molar-refractivity contribution is 7.21. The Balaban J connectivity index is 2.24. The van der Waals surface area contributed by atoms with Crippen LogP contribution < -0.4 is 5.73 Å². The average molecular weight is 242 g/mol. The van der Waals surface area contributed by atoms with E-state index in [-0.39, 0.29) is 0 Å².